The number of nitrogens with two attached hydrogens (primary N) is 1. The molecule has 0 saturated carbocycles. The molecule has 4 rings (SSSR count). The van der Waals surface area contributed by atoms with Gasteiger partial charge in [0.15, 0.2) is 5.65 Å². The second kappa shape index (κ2) is 7.51. The Balaban J connectivity index is 1.72. The number of anilines is 1. The van der Waals surface area contributed by atoms with E-state index in [1.54, 1.807) is 10.7 Å². The molecule has 3 heterocycles. The maximum absolute atomic E-state index is 12.4. The molecule has 0 aliphatic carbocycles. The predicted molar refractivity (Wildman–Crippen MR) is 114 cm³/mol. The second-order valence-corrected chi connectivity index (χ2v) is 7.65. The molecule has 4 aromatic rings. The SMILES string of the molecule is Cc1ccc(-c2nn(C(C)(C)CNC(=O)c3ncccn3)c3ncnc(N)c23)cc1. The van der Waals surface area contributed by atoms with Crippen LogP contribution in [0.25, 0.3) is 22.3 Å². The van der Waals surface area contributed by atoms with Crippen molar-refractivity contribution in [2.75, 3.05) is 12.3 Å². The van der Waals surface area contributed by atoms with E-state index in [1.807, 2.05) is 45.0 Å². The van der Waals surface area contributed by atoms with Crippen LogP contribution in [0.1, 0.15) is 30.0 Å². The van der Waals surface area contributed by atoms with Gasteiger partial charge in [0.2, 0.25) is 5.82 Å². The fraction of sp³-hybridized carbons (Fsp3) is 0.238. The number of hydrogen-bond acceptors (Lipinski definition) is 7. The van der Waals surface area contributed by atoms with Crippen molar-refractivity contribution >= 4 is 22.8 Å². The van der Waals surface area contributed by atoms with Crippen LogP contribution < -0.4 is 11.1 Å². The fourth-order valence-corrected chi connectivity index (χ4v) is 3.18. The quantitative estimate of drug-likeness (QED) is 0.525. The Labute approximate surface area is 173 Å². The van der Waals surface area contributed by atoms with Gasteiger partial charge in [-0.2, -0.15) is 5.10 Å². The van der Waals surface area contributed by atoms with Gasteiger partial charge in [-0.25, -0.2) is 24.6 Å². The maximum Gasteiger partial charge on any atom is 0.289 e. The van der Waals surface area contributed by atoms with Gasteiger partial charge >= 0.3 is 0 Å². The summed E-state index contributed by atoms with van der Waals surface area (Å²) < 4.78 is 1.78. The molecule has 3 N–H and O–H groups in total. The Kier molecular flexibility index (Phi) is 4.86. The molecule has 152 valence electrons. The van der Waals surface area contributed by atoms with Crippen molar-refractivity contribution in [1.29, 1.82) is 0 Å². The zero-order valence-corrected chi connectivity index (χ0v) is 17.0. The average Bonchev–Trinajstić information content (AvgIpc) is 3.15. The molecular weight excluding hydrogens is 380 g/mol. The second-order valence-electron chi connectivity index (χ2n) is 7.65. The van der Waals surface area contributed by atoms with Crippen LogP contribution in [-0.4, -0.2) is 42.2 Å². The van der Waals surface area contributed by atoms with Crippen molar-refractivity contribution in [3.8, 4) is 11.3 Å². The highest BCUT2D eigenvalue weighted by molar-refractivity contribution is 5.98. The van der Waals surface area contributed by atoms with Crippen LogP contribution in [-0.2, 0) is 5.54 Å². The summed E-state index contributed by atoms with van der Waals surface area (Å²) in [5, 5.41) is 8.39. The predicted octanol–water partition coefficient (Wildman–Crippen LogP) is 2.34. The smallest absolute Gasteiger partial charge is 0.289 e. The standard InChI is InChI=1S/C21H22N8O/c1-13-5-7-14(8-6-13)16-15-17(22)26-12-27-19(15)29(28-16)21(2,3)11-25-20(30)18-23-9-4-10-24-18/h4-10,12H,11H2,1-3H3,(H,25,30)(H2,22,26,27). The van der Waals surface area contributed by atoms with E-state index in [4.69, 9.17) is 10.8 Å². The molecule has 0 saturated heterocycles. The Morgan fingerprint density at radius 3 is 2.50 bits per heavy atom. The van der Waals surface area contributed by atoms with E-state index in [-0.39, 0.29) is 18.3 Å². The number of fused-ring (bicyclic) bond motifs is 1. The number of amides is 1. The molecule has 3 aromatic heterocycles. The summed E-state index contributed by atoms with van der Waals surface area (Å²) in [6.45, 7) is 6.24. The van der Waals surface area contributed by atoms with Gasteiger partial charge in [-0.05, 0) is 26.8 Å². The van der Waals surface area contributed by atoms with Crippen molar-refractivity contribution in [3.05, 3.63) is 60.4 Å². The Bertz CT molecular complexity index is 1200. The highest BCUT2D eigenvalue weighted by Crippen LogP contribution is 2.32. The Morgan fingerprint density at radius 2 is 1.80 bits per heavy atom. The third kappa shape index (κ3) is 3.57. The monoisotopic (exact) mass is 402 g/mol. The molecule has 0 radical (unpaired) electrons. The van der Waals surface area contributed by atoms with Crippen LogP contribution in [0.5, 0.6) is 0 Å². The lowest BCUT2D eigenvalue weighted by Gasteiger charge is -2.26. The molecular formula is C21H22N8O. The first-order valence-electron chi connectivity index (χ1n) is 9.49. The minimum Gasteiger partial charge on any atom is -0.383 e. The lowest BCUT2D eigenvalue weighted by molar-refractivity contribution is 0.0926. The summed E-state index contributed by atoms with van der Waals surface area (Å²) in [6.07, 6.45) is 4.48. The lowest BCUT2D eigenvalue weighted by Crippen LogP contribution is -2.42. The van der Waals surface area contributed by atoms with Gasteiger partial charge in [0.05, 0.1) is 10.9 Å². The number of aromatic nitrogens is 6. The molecule has 9 heteroatoms. The van der Waals surface area contributed by atoms with Gasteiger partial charge in [-0.3, -0.25) is 4.79 Å². The number of hydrogen-bond donors (Lipinski definition) is 2. The third-order valence-corrected chi connectivity index (χ3v) is 4.84. The summed E-state index contributed by atoms with van der Waals surface area (Å²) in [5.41, 5.74) is 8.96. The molecule has 1 amide bonds. The number of benzene rings is 1. The topological polar surface area (TPSA) is 124 Å². The molecule has 0 atom stereocenters. The van der Waals surface area contributed by atoms with Crippen molar-refractivity contribution in [1.82, 2.24) is 35.0 Å². The summed E-state index contributed by atoms with van der Waals surface area (Å²) in [5.74, 6) is 0.123. The van der Waals surface area contributed by atoms with Gasteiger partial charge < -0.3 is 11.1 Å². The van der Waals surface area contributed by atoms with E-state index in [0.717, 1.165) is 11.1 Å². The number of aryl methyl sites for hydroxylation is 1. The van der Waals surface area contributed by atoms with Crippen LogP contribution in [0.4, 0.5) is 5.82 Å². The van der Waals surface area contributed by atoms with Crippen molar-refractivity contribution in [3.63, 3.8) is 0 Å². The molecule has 0 aliphatic rings. The van der Waals surface area contributed by atoms with Crippen LogP contribution >= 0.6 is 0 Å². The first-order valence-corrected chi connectivity index (χ1v) is 9.49. The highest BCUT2D eigenvalue weighted by atomic mass is 16.2. The summed E-state index contributed by atoms with van der Waals surface area (Å²) in [4.78, 5) is 28.9. The first kappa shape index (κ1) is 19.4. The third-order valence-electron chi connectivity index (χ3n) is 4.84. The summed E-state index contributed by atoms with van der Waals surface area (Å²) in [7, 11) is 0. The highest BCUT2D eigenvalue weighted by Gasteiger charge is 2.28. The molecule has 0 fully saturated rings. The number of carbonyl (C=O) groups excluding carboxylic acids is 1. The molecule has 0 spiro atoms. The number of nitrogen functional groups attached to an aromatic ring is 1. The van der Waals surface area contributed by atoms with Gasteiger partial charge in [0.25, 0.3) is 5.91 Å². The molecule has 0 unspecified atom stereocenters. The zero-order chi connectivity index (χ0) is 21.3. The van der Waals surface area contributed by atoms with Crippen LogP contribution in [0.15, 0.2) is 49.1 Å². The van der Waals surface area contributed by atoms with Crippen molar-refractivity contribution in [2.45, 2.75) is 26.3 Å². The van der Waals surface area contributed by atoms with Gasteiger partial charge in [-0.15, -0.1) is 0 Å². The number of nitrogens with one attached hydrogen (secondary N) is 1. The van der Waals surface area contributed by atoms with E-state index in [0.29, 0.717) is 22.5 Å². The number of rotatable bonds is 5. The zero-order valence-electron chi connectivity index (χ0n) is 17.0. The summed E-state index contributed by atoms with van der Waals surface area (Å²) in [6, 6.07) is 9.69. The van der Waals surface area contributed by atoms with Crippen LogP contribution in [0.2, 0.25) is 0 Å². The van der Waals surface area contributed by atoms with Crippen LogP contribution in [0, 0.1) is 6.92 Å². The van der Waals surface area contributed by atoms with Crippen LogP contribution in [0.3, 0.4) is 0 Å². The Hall–Kier alpha value is -3.88. The van der Waals surface area contributed by atoms with E-state index >= 15 is 0 Å². The molecule has 9 nitrogen and oxygen atoms in total. The molecule has 0 bridgehead atoms. The normalized spacial score (nSPS) is 11.6. The van der Waals surface area contributed by atoms with E-state index in [1.165, 1.54) is 18.7 Å². The largest absolute Gasteiger partial charge is 0.383 e. The summed E-state index contributed by atoms with van der Waals surface area (Å²) >= 11 is 0. The number of nitrogens with zero attached hydrogens (tertiary/aromatic N) is 6. The minimum absolute atomic E-state index is 0.116. The Morgan fingerprint density at radius 1 is 1.10 bits per heavy atom. The maximum atomic E-state index is 12.4. The lowest BCUT2D eigenvalue weighted by atomic mass is 10.1. The van der Waals surface area contributed by atoms with Gasteiger partial charge in [0.1, 0.15) is 17.8 Å². The number of carbonyl (C=O) groups is 1. The van der Waals surface area contributed by atoms with E-state index in [2.05, 4.69) is 25.3 Å². The fourth-order valence-electron chi connectivity index (χ4n) is 3.18. The molecule has 1 aromatic carbocycles. The first-order chi connectivity index (χ1) is 14.4. The van der Waals surface area contributed by atoms with Crippen molar-refractivity contribution in [2.24, 2.45) is 0 Å². The van der Waals surface area contributed by atoms with Gasteiger partial charge in [-0.1, -0.05) is 29.8 Å². The van der Waals surface area contributed by atoms with Gasteiger partial charge in [0, 0.05) is 24.5 Å². The molecule has 30 heavy (non-hydrogen) atoms. The van der Waals surface area contributed by atoms with E-state index in [9.17, 15) is 4.79 Å². The minimum atomic E-state index is -0.605. The van der Waals surface area contributed by atoms with Crippen molar-refractivity contribution < 1.29 is 4.79 Å². The molecule has 0 aliphatic heterocycles. The average molecular weight is 402 g/mol. The van der Waals surface area contributed by atoms with E-state index < -0.39 is 5.54 Å².